The number of ketones is 1. The van der Waals surface area contributed by atoms with Gasteiger partial charge >= 0.3 is 5.97 Å². The smallest absolute Gasteiger partial charge is 0.312 e. The quantitative estimate of drug-likeness (QED) is 0.590. The first kappa shape index (κ1) is 17.4. The molecular formula is C15H28O4Si. The minimum absolute atomic E-state index is 0.00494. The maximum Gasteiger partial charge on any atom is 0.312 e. The Balaban J connectivity index is 2.92. The molecule has 1 rings (SSSR count). The number of carbonyl (C=O) groups excluding carboxylic acids is 2. The van der Waals surface area contributed by atoms with Gasteiger partial charge in [-0.1, -0.05) is 20.8 Å². The van der Waals surface area contributed by atoms with Gasteiger partial charge in [-0.15, -0.1) is 0 Å². The van der Waals surface area contributed by atoms with E-state index in [9.17, 15) is 9.59 Å². The molecule has 1 aliphatic heterocycles. The number of cyclic esters (lactones) is 1. The fourth-order valence-corrected chi connectivity index (χ4v) is 3.56. The van der Waals surface area contributed by atoms with E-state index in [-0.39, 0.29) is 35.4 Å². The number of hydrogen-bond donors (Lipinski definition) is 0. The Bertz CT molecular complexity index is 384. The fraction of sp³-hybridized carbons (Fsp3) is 0.867. The van der Waals surface area contributed by atoms with E-state index in [1.165, 1.54) is 6.92 Å². The van der Waals surface area contributed by atoms with Crippen molar-refractivity contribution in [3.63, 3.8) is 0 Å². The molecule has 0 aromatic carbocycles. The predicted octanol–water partition coefficient (Wildman–Crippen LogP) is 3.31. The van der Waals surface area contributed by atoms with Gasteiger partial charge in [0.25, 0.3) is 0 Å². The molecule has 4 nitrogen and oxygen atoms in total. The van der Waals surface area contributed by atoms with Crippen LogP contribution >= 0.6 is 0 Å². The maximum atomic E-state index is 12.0. The van der Waals surface area contributed by atoms with Crippen molar-refractivity contribution in [2.24, 2.45) is 5.92 Å². The van der Waals surface area contributed by atoms with Crippen molar-refractivity contribution in [2.45, 2.75) is 77.8 Å². The lowest BCUT2D eigenvalue weighted by molar-refractivity contribution is -0.168. The second-order valence-electron chi connectivity index (χ2n) is 7.41. The second-order valence-corrected chi connectivity index (χ2v) is 12.2. The summed E-state index contributed by atoms with van der Waals surface area (Å²) in [6, 6.07) is 0. The summed E-state index contributed by atoms with van der Waals surface area (Å²) in [7, 11) is -1.96. The summed E-state index contributed by atoms with van der Waals surface area (Å²) in [6.45, 7) is 14.2. The molecule has 1 aliphatic rings. The molecule has 5 heteroatoms. The minimum Gasteiger partial charge on any atom is -0.462 e. The van der Waals surface area contributed by atoms with Crippen molar-refractivity contribution in [2.75, 3.05) is 0 Å². The number of rotatable bonds is 4. The predicted molar refractivity (Wildman–Crippen MR) is 81.0 cm³/mol. The first-order valence-corrected chi connectivity index (χ1v) is 10.2. The molecule has 0 radical (unpaired) electrons. The Morgan fingerprint density at radius 2 is 1.95 bits per heavy atom. The van der Waals surface area contributed by atoms with Gasteiger partial charge in [0.1, 0.15) is 11.9 Å². The first-order valence-electron chi connectivity index (χ1n) is 7.32. The van der Waals surface area contributed by atoms with E-state index in [0.29, 0.717) is 6.42 Å². The number of carbonyl (C=O) groups is 2. The highest BCUT2D eigenvalue weighted by Crippen LogP contribution is 2.40. The molecule has 0 unspecified atom stereocenters. The van der Waals surface area contributed by atoms with Crippen LogP contribution in [-0.2, 0) is 18.8 Å². The van der Waals surface area contributed by atoms with Crippen molar-refractivity contribution in [3.8, 4) is 0 Å². The van der Waals surface area contributed by atoms with Gasteiger partial charge in [-0.2, -0.15) is 0 Å². The molecule has 0 spiro atoms. The molecule has 1 heterocycles. The van der Waals surface area contributed by atoms with Gasteiger partial charge in [-0.3, -0.25) is 4.79 Å². The topological polar surface area (TPSA) is 52.6 Å². The molecule has 1 saturated heterocycles. The molecule has 0 saturated carbocycles. The zero-order valence-corrected chi connectivity index (χ0v) is 14.8. The van der Waals surface area contributed by atoms with Crippen LogP contribution in [0.3, 0.4) is 0 Å². The molecule has 0 aliphatic carbocycles. The molecule has 0 amide bonds. The summed E-state index contributed by atoms with van der Waals surface area (Å²) in [5, 5.41) is 0.0817. The molecule has 0 N–H and O–H groups in total. The number of Topliss-reactive ketones (excluding diaryl/α,β-unsaturated/α-hetero) is 1. The molecule has 3 atom stereocenters. The molecule has 116 valence electrons. The zero-order valence-electron chi connectivity index (χ0n) is 13.8. The second kappa shape index (κ2) is 5.98. The van der Waals surface area contributed by atoms with Gasteiger partial charge in [0, 0.05) is 12.8 Å². The van der Waals surface area contributed by atoms with Crippen LogP contribution in [0.1, 0.15) is 47.5 Å². The largest absolute Gasteiger partial charge is 0.462 e. The van der Waals surface area contributed by atoms with Crippen molar-refractivity contribution < 1.29 is 18.8 Å². The van der Waals surface area contributed by atoms with Crippen molar-refractivity contribution >= 4 is 20.1 Å². The molecule has 20 heavy (non-hydrogen) atoms. The highest BCUT2D eigenvalue weighted by molar-refractivity contribution is 6.74. The molecule has 1 fully saturated rings. The fourth-order valence-electron chi connectivity index (χ4n) is 2.19. The Morgan fingerprint density at radius 1 is 1.40 bits per heavy atom. The van der Waals surface area contributed by atoms with Gasteiger partial charge < -0.3 is 14.0 Å². The summed E-state index contributed by atoms with van der Waals surface area (Å²) in [4.78, 5) is 23.4. The summed E-state index contributed by atoms with van der Waals surface area (Å²) in [5.41, 5.74) is 0. The number of ether oxygens (including phenoxy) is 1. The van der Waals surface area contributed by atoms with Gasteiger partial charge in [0.2, 0.25) is 0 Å². The lowest BCUT2D eigenvalue weighted by atomic mass is 9.90. The van der Waals surface area contributed by atoms with Crippen molar-refractivity contribution in [1.82, 2.24) is 0 Å². The number of hydrogen-bond acceptors (Lipinski definition) is 4. The summed E-state index contributed by atoms with van der Waals surface area (Å²) in [5.74, 6) is -0.731. The number of esters is 1. The van der Waals surface area contributed by atoms with Gasteiger partial charge in [0.05, 0.1) is 12.0 Å². The van der Waals surface area contributed by atoms with Crippen LogP contribution in [0, 0.1) is 5.92 Å². The average Bonchev–Trinajstić information content (AvgIpc) is 2.20. The molecule has 0 aromatic rings. The van der Waals surface area contributed by atoms with Crippen molar-refractivity contribution in [1.29, 1.82) is 0 Å². The monoisotopic (exact) mass is 300 g/mol. The third-order valence-corrected chi connectivity index (χ3v) is 8.90. The lowest BCUT2D eigenvalue weighted by Crippen LogP contribution is -2.51. The Morgan fingerprint density at radius 3 is 2.40 bits per heavy atom. The van der Waals surface area contributed by atoms with E-state index in [4.69, 9.17) is 9.16 Å². The highest BCUT2D eigenvalue weighted by Gasteiger charge is 2.45. The van der Waals surface area contributed by atoms with E-state index >= 15 is 0 Å². The highest BCUT2D eigenvalue weighted by atomic mass is 28.4. The summed E-state index contributed by atoms with van der Waals surface area (Å²) < 4.78 is 11.7. The van der Waals surface area contributed by atoms with Crippen LogP contribution in [0.2, 0.25) is 18.1 Å². The molecule has 0 aromatic heterocycles. The molecule has 0 bridgehead atoms. The Kier molecular flexibility index (Phi) is 5.19. The van der Waals surface area contributed by atoms with Crippen LogP contribution in [0.15, 0.2) is 0 Å². The third-order valence-electron chi connectivity index (χ3n) is 4.39. The maximum absolute atomic E-state index is 12.0. The Hall–Kier alpha value is -0.683. The van der Waals surface area contributed by atoms with Crippen LogP contribution in [0.5, 0.6) is 0 Å². The van der Waals surface area contributed by atoms with Crippen LogP contribution in [0.25, 0.3) is 0 Å². The Labute approximate surface area is 123 Å². The van der Waals surface area contributed by atoms with Crippen molar-refractivity contribution in [3.05, 3.63) is 0 Å². The van der Waals surface area contributed by atoms with E-state index in [1.54, 1.807) is 0 Å². The van der Waals surface area contributed by atoms with Crippen LogP contribution in [0.4, 0.5) is 0 Å². The SMILES string of the molecule is CC(=O)C[C@@H]1C(=O)O[C@H](C)C[C@@H]1O[Si](C)(C)C(C)(C)C. The van der Waals surface area contributed by atoms with Crippen LogP contribution in [-0.4, -0.2) is 32.3 Å². The summed E-state index contributed by atoms with van der Waals surface area (Å²) in [6.07, 6.45) is 0.553. The van der Waals surface area contributed by atoms with E-state index in [0.717, 1.165) is 0 Å². The van der Waals surface area contributed by atoms with Gasteiger partial charge in [-0.25, -0.2) is 0 Å². The lowest BCUT2D eigenvalue weighted by Gasteiger charge is -2.43. The first-order chi connectivity index (χ1) is 8.94. The minimum atomic E-state index is -1.96. The zero-order chi connectivity index (χ0) is 15.7. The van der Waals surface area contributed by atoms with Crippen LogP contribution < -0.4 is 0 Å². The summed E-state index contributed by atoms with van der Waals surface area (Å²) >= 11 is 0. The normalized spacial score (nSPS) is 28.1. The van der Waals surface area contributed by atoms with Gasteiger partial charge in [0.15, 0.2) is 8.32 Å². The standard InChI is InChI=1S/C15H28O4Si/c1-10(16)8-12-13(9-11(2)18-14(12)17)19-20(6,7)15(3,4)5/h11-13H,8-9H2,1-7H3/t11-,12+,13+/m1/s1. The van der Waals surface area contributed by atoms with E-state index < -0.39 is 14.2 Å². The van der Waals surface area contributed by atoms with Gasteiger partial charge in [-0.05, 0) is 32.0 Å². The third kappa shape index (κ3) is 4.15. The van der Waals surface area contributed by atoms with E-state index in [2.05, 4.69) is 33.9 Å². The molecular weight excluding hydrogens is 272 g/mol. The van der Waals surface area contributed by atoms with E-state index in [1.807, 2.05) is 6.92 Å². The average molecular weight is 300 g/mol.